The molecule has 0 aromatic carbocycles. The van der Waals surface area contributed by atoms with Crippen LogP contribution in [0.15, 0.2) is 24.7 Å². The van der Waals surface area contributed by atoms with E-state index in [1.165, 1.54) is 0 Å². The molecule has 2 aromatic heterocycles. The first-order chi connectivity index (χ1) is 6.81. The molecule has 0 aliphatic carbocycles. The fourth-order valence-corrected chi connectivity index (χ4v) is 1.22. The second-order valence-electron chi connectivity index (χ2n) is 2.93. The van der Waals surface area contributed by atoms with Gasteiger partial charge in [0.2, 0.25) is 0 Å². The summed E-state index contributed by atoms with van der Waals surface area (Å²) >= 11 is 0. The van der Waals surface area contributed by atoms with Crippen LogP contribution in [-0.4, -0.2) is 34.0 Å². The van der Waals surface area contributed by atoms with Gasteiger partial charge < -0.3 is 5.32 Å². The highest BCUT2D eigenvalue weighted by Crippen LogP contribution is 2.01. The SMILES string of the molecule is CNCC(=O)c1cnc2ccnn2c1. The molecule has 0 spiro atoms. The predicted molar refractivity (Wildman–Crippen MR) is 51.2 cm³/mol. The Kier molecular flexibility index (Phi) is 2.24. The number of fused-ring (bicyclic) bond motifs is 1. The smallest absolute Gasteiger partial charge is 0.179 e. The van der Waals surface area contributed by atoms with Crippen molar-refractivity contribution in [3.63, 3.8) is 0 Å². The molecule has 2 heterocycles. The van der Waals surface area contributed by atoms with Gasteiger partial charge in [-0.3, -0.25) is 4.79 Å². The Morgan fingerprint density at radius 3 is 3.29 bits per heavy atom. The Morgan fingerprint density at radius 2 is 2.50 bits per heavy atom. The Balaban J connectivity index is 2.38. The molecular formula is C9H10N4O. The summed E-state index contributed by atoms with van der Waals surface area (Å²) in [5.74, 6) is 0.0115. The van der Waals surface area contributed by atoms with Crippen LogP contribution in [0.4, 0.5) is 0 Å². The molecule has 0 bridgehead atoms. The molecule has 0 saturated carbocycles. The number of ketones is 1. The van der Waals surface area contributed by atoms with E-state index in [2.05, 4.69) is 15.4 Å². The lowest BCUT2D eigenvalue weighted by molar-refractivity contribution is 0.0992. The predicted octanol–water partition coefficient (Wildman–Crippen LogP) is 0.131. The molecule has 72 valence electrons. The van der Waals surface area contributed by atoms with Crippen molar-refractivity contribution in [1.29, 1.82) is 0 Å². The lowest BCUT2D eigenvalue weighted by atomic mass is 10.2. The summed E-state index contributed by atoms with van der Waals surface area (Å²) in [6, 6.07) is 1.78. The normalized spacial score (nSPS) is 10.6. The van der Waals surface area contributed by atoms with Crippen LogP contribution < -0.4 is 5.32 Å². The van der Waals surface area contributed by atoms with Crippen LogP contribution in [0.25, 0.3) is 5.65 Å². The lowest BCUT2D eigenvalue weighted by Gasteiger charge is -1.99. The summed E-state index contributed by atoms with van der Waals surface area (Å²) in [6.45, 7) is 0.314. The van der Waals surface area contributed by atoms with Crippen molar-refractivity contribution < 1.29 is 4.79 Å². The molecule has 1 N–H and O–H groups in total. The van der Waals surface area contributed by atoms with Gasteiger partial charge in [0.05, 0.1) is 18.3 Å². The maximum absolute atomic E-state index is 11.5. The summed E-state index contributed by atoms with van der Waals surface area (Å²) in [7, 11) is 1.73. The van der Waals surface area contributed by atoms with Gasteiger partial charge in [0.1, 0.15) is 0 Å². The molecule has 2 aromatic rings. The average Bonchev–Trinajstić information content (AvgIpc) is 2.64. The minimum absolute atomic E-state index is 0.0115. The van der Waals surface area contributed by atoms with Gasteiger partial charge in [-0.2, -0.15) is 5.10 Å². The van der Waals surface area contributed by atoms with Gasteiger partial charge >= 0.3 is 0 Å². The molecule has 0 aliphatic rings. The van der Waals surface area contributed by atoms with E-state index in [0.717, 1.165) is 5.65 Å². The number of rotatable bonds is 3. The highest BCUT2D eigenvalue weighted by molar-refractivity contribution is 5.97. The molecule has 14 heavy (non-hydrogen) atoms. The third kappa shape index (κ3) is 1.49. The molecule has 0 amide bonds. The van der Waals surface area contributed by atoms with E-state index in [0.29, 0.717) is 12.1 Å². The van der Waals surface area contributed by atoms with Gasteiger partial charge in [0.25, 0.3) is 0 Å². The highest BCUT2D eigenvalue weighted by atomic mass is 16.1. The Hall–Kier alpha value is -1.75. The van der Waals surface area contributed by atoms with E-state index in [1.807, 2.05) is 0 Å². The number of likely N-dealkylation sites (N-methyl/N-ethyl adjacent to an activating group) is 1. The zero-order chi connectivity index (χ0) is 9.97. The lowest BCUT2D eigenvalue weighted by Crippen LogP contribution is -2.19. The fraction of sp³-hybridized carbons (Fsp3) is 0.222. The minimum Gasteiger partial charge on any atom is -0.313 e. The quantitative estimate of drug-likeness (QED) is 0.699. The number of nitrogens with one attached hydrogen (secondary N) is 1. The summed E-state index contributed by atoms with van der Waals surface area (Å²) < 4.78 is 1.59. The van der Waals surface area contributed by atoms with Crippen LogP contribution >= 0.6 is 0 Å². The molecule has 0 saturated heterocycles. The molecule has 0 radical (unpaired) electrons. The summed E-state index contributed by atoms with van der Waals surface area (Å²) in [6.07, 6.45) is 4.90. The number of nitrogens with zero attached hydrogens (tertiary/aromatic N) is 3. The summed E-state index contributed by atoms with van der Waals surface area (Å²) in [5.41, 5.74) is 1.31. The number of Topliss-reactive ketones (excluding diaryl/α,β-unsaturated/α-hetero) is 1. The molecule has 0 unspecified atom stereocenters. The van der Waals surface area contributed by atoms with E-state index in [4.69, 9.17) is 0 Å². The topological polar surface area (TPSA) is 59.3 Å². The average molecular weight is 190 g/mol. The summed E-state index contributed by atoms with van der Waals surface area (Å²) in [5, 5.41) is 6.80. The van der Waals surface area contributed by atoms with Crippen LogP contribution in [0.3, 0.4) is 0 Å². The Labute approximate surface area is 80.8 Å². The Bertz CT molecular complexity index is 463. The van der Waals surface area contributed by atoms with E-state index >= 15 is 0 Å². The third-order valence-electron chi connectivity index (χ3n) is 1.91. The van der Waals surface area contributed by atoms with Crippen molar-refractivity contribution >= 4 is 11.4 Å². The number of carbonyl (C=O) groups excluding carboxylic acids is 1. The summed E-state index contributed by atoms with van der Waals surface area (Å²) in [4.78, 5) is 15.6. The maximum Gasteiger partial charge on any atom is 0.179 e. The van der Waals surface area contributed by atoms with Crippen LogP contribution in [-0.2, 0) is 0 Å². The second-order valence-corrected chi connectivity index (χ2v) is 2.93. The van der Waals surface area contributed by atoms with E-state index in [9.17, 15) is 4.79 Å². The van der Waals surface area contributed by atoms with Crippen LogP contribution in [0.5, 0.6) is 0 Å². The minimum atomic E-state index is 0.0115. The highest BCUT2D eigenvalue weighted by Gasteiger charge is 2.06. The number of hydrogen-bond acceptors (Lipinski definition) is 4. The van der Waals surface area contributed by atoms with Crippen molar-refractivity contribution in [3.8, 4) is 0 Å². The molecule has 0 aliphatic heterocycles. The molecule has 0 fully saturated rings. The van der Waals surface area contributed by atoms with Gasteiger partial charge in [0.15, 0.2) is 11.4 Å². The van der Waals surface area contributed by atoms with E-state index < -0.39 is 0 Å². The Morgan fingerprint density at radius 1 is 1.64 bits per heavy atom. The fourth-order valence-electron chi connectivity index (χ4n) is 1.22. The van der Waals surface area contributed by atoms with Gasteiger partial charge in [0, 0.05) is 18.5 Å². The third-order valence-corrected chi connectivity index (χ3v) is 1.91. The first kappa shape index (κ1) is 8.83. The van der Waals surface area contributed by atoms with Gasteiger partial charge in [-0.1, -0.05) is 0 Å². The first-order valence-electron chi connectivity index (χ1n) is 4.28. The van der Waals surface area contributed by atoms with Crippen LogP contribution in [0, 0.1) is 0 Å². The van der Waals surface area contributed by atoms with E-state index in [-0.39, 0.29) is 5.78 Å². The molecule has 5 heteroatoms. The van der Waals surface area contributed by atoms with Gasteiger partial charge in [-0.25, -0.2) is 9.50 Å². The molecule has 2 rings (SSSR count). The standard InChI is InChI=1S/C9H10N4O/c1-10-5-8(14)7-4-11-9-2-3-12-13(9)6-7/h2-4,6,10H,5H2,1H3. The largest absolute Gasteiger partial charge is 0.313 e. The number of hydrogen-bond donors (Lipinski definition) is 1. The second kappa shape index (κ2) is 3.55. The van der Waals surface area contributed by atoms with E-state index in [1.54, 1.807) is 36.2 Å². The number of carbonyl (C=O) groups is 1. The van der Waals surface area contributed by atoms with Crippen molar-refractivity contribution in [2.75, 3.05) is 13.6 Å². The van der Waals surface area contributed by atoms with Gasteiger partial charge in [-0.15, -0.1) is 0 Å². The van der Waals surface area contributed by atoms with Gasteiger partial charge in [-0.05, 0) is 7.05 Å². The first-order valence-corrected chi connectivity index (χ1v) is 4.28. The van der Waals surface area contributed by atoms with Crippen molar-refractivity contribution in [2.45, 2.75) is 0 Å². The van der Waals surface area contributed by atoms with Crippen molar-refractivity contribution in [2.24, 2.45) is 0 Å². The van der Waals surface area contributed by atoms with Crippen molar-refractivity contribution in [3.05, 3.63) is 30.2 Å². The van der Waals surface area contributed by atoms with Crippen molar-refractivity contribution in [1.82, 2.24) is 19.9 Å². The van der Waals surface area contributed by atoms with Crippen LogP contribution in [0.2, 0.25) is 0 Å². The zero-order valence-electron chi connectivity index (χ0n) is 7.77. The molecular weight excluding hydrogens is 180 g/mol. The molecule has 5 nitrogen and oxygen atoms in total. The zero-order valence-corrected chi connectivity index (χ0v) is 7.77. The molecule has 0 atom stereocenters. The monoisotopic (exact) mass is 190 g/mol. The number of aromatic nitrogens is 3. The maximum atomic E-state index is 11.5. The van der Waals surface area contributed by atoms with Crippen LogP contribution in [0.1, 0.15) is 10.4 Å².